The number of carbonyl (C=O) groups is 1. The third-order valence-electron chi connectivity index (χ3n) is 4.96. The van der Waals surface area contributed by atoms with Gasteiger partial charge in [-0.05, 0) is 60.4 Å². The average molecular weight is 384 g/mol. The number of hydrogen-bond donors (Lipinski definition) is 1. The maximum absolute atomic E-state index is 12.6. The van der Waals surface area contributed by atoms with Crippen LogP contribution in [0.2, 0.25) is 0 Å². The van der Waals surface area contributed by atoms with Crippen LogP contribution < -0.4 is 5.32 Å². The normalized spacial score (nSPS) is 11.6. The first-order valence-electron chi connectivity index (χ1n) is 9.69. The van der Waals surface area contributed by atoms with E-state index in [2.05, 4.69) is 31.1 Å². The molecular formula is C25H24N2O2. The van der Waals surface area contributed by atoms with Gasteiger partial charge in [-0.15, -0.1) is 0 Å². The number of nitrogens with one attached hydrogen (secondary N) is 1. The molecule has 1 amide bonds. The molecule has 0 radical (unpaired) electrons. The smallest absolute Gasteiger partial charge is 0.255 e. The Labute approximate surface area is 170 Å². The third kappa shape index (κ3) is 4.06. The van der Waals surface area contributed by atoms with Gasteiger partial charge in [-0.2, -0.15) is 0 Å². The summed E-state index contributed by atoms with van der Waals surface area (Å²) in [5.41, 5.74) is 6.07. The number of hydrogen-bond acceptors (Lipinski definition) is 3. The van der Waals surface area contributed by atoms with Crippen LogP contribution in [-0.4, -0.2) is 10.9 Å². The van der Waals surface area contributed by atoms with Crippen LogP contribution in [0.3, 0.4) is 0 Å². The summed E-state index contributed by atoms with van der Waals surface area (Å²) in [5, 5.41) is 2.94. The first kappa shape index (κ1) is 18.9. The lowest BCUT2D eigenvalue weighted by molar-refractivity contribution is 0.102. The predicted molar refractivity (Wildman–Crippen MR) is 117 cm³/mol. The summed E-state index contributed by atoms with van der Waals surface area (Å²) in [6.07, 6.45) is 0. The van der Waals surface area contributed by atoms with Crippen molar-refractivity contribution in [3.63, 3.8) is 0 Å². The van der Waals surface area contributed by atoms with Crippen LogP contribution in [0.4, 0.5) is 5.69 Å². The molecule has 3 aromatic carbocycles. The SMILES string of the molecule is Cc1ccc(-c2nc3cc(NC(=O)c4ccc(C(C)(C)C)cc4)ccc3o2)cc1. The van der Waals surface area contributed by atoms with Crippen molar-refractivity contribution in [3.8, 4) is 11.5 Å². The Morgan fingerprint density at radius 3 is 2.28 bits per heavy atom. The summed E-state index contributed by atoms with van der Waals surface area (Å²) in [6, 6.07) is 21.3. The molecule has 0 spiro atoms. The van der Waals surface area contributed by atoms with Crippen LogP contribution in [0.25, 0.3) is 22.6 Å². The molecule has 4 heteroatoms. The molecule has 1 heterocycles. The van der Waals surface area contributed by atoms with E-state index >= 15 is 0 Å². The summed E-state index contributed by atoms with van der Waals surface area (Å²) in [7, 11) is 0. The Bertz CT molecular complexity index is 1160. The van der Waals surface area contributed by atoms with Crippen LogP contribution in [0.15, 0.2) is 71.1 Å². The lowest BCUT2D eigenvalue weighted by Crippen LogP contribution is -2.14. The number of benzene rings is 3. The maximum atomic E-state index is 12.6. The second-order valence-corrected chi connectivity index (χ2v) is 8.35. The van der Waals surface area contributed by atoms with Gasteiger partial charge in [0.25, 0.3) is 5.91 Å². The lowest BCUT2D eigenvalue weighted by Gasteiger charge is -2.19. The standard InChI is InChI=1S/C25H24N2O2/c1-16-5-7-18(8-6-16)24-27-21-15-20(13-14-22(21)29-24)26-23(28)17-9-11-19(12-10-17)25(2,3)4/h5-15H,1-4H3,(H,26,28). The number of aryl methyl sites for hydroxylation is 1. The Hall–Kier alpha value is -3.40. The molecule has 146 valence electrons. The summed E-state index contributed by atoms with van der Waals surface area (Å²) in [6.45, 7) is 8.50. The van der Waals surface area contributed by atoms with Crippen LogP contribution in [0, 0.1) is 6.92 Å². The Morgan fingerprint density at radius 1 is 0.931 bits per heavy atom. The molecule has 0 aliphatic carbocycles. The Kier molecular flexibility index (Phi) is 4.71. The van der Waals surface area contributed by atoms with Gasteiger partial charge < -0.3 is 9.73 Å². The number of oxazole rings is 1. The quantitative estimate of drug-likeness (QED) is 0.447. The first-order chi connectivity index (χ1) is 13.8. The van der Waals surface area contributed by atoms with Gasteiger partial charge in [0, 0.05) is 16.8 Å². The van der Waals surface area contributed by atoms with Crippen molar-refractivity contribution in [2.24, 2.45) is 0 Å². The van der Waals surface area contributed by atoms with E-state index in [1.165, 1.54) is 11.1 Å². The van der Waals surface area contributed by atoms with E-state index in [0.717, 1.165) is 5.56 Å². The summed E-state index contributed by atoms with van der Waals surface area (Å²) < 4.78 is 5.86. The van der Waals surface area contributed by atoms with Crippen LogP contribution in [0.1, 0.15) is 42.3 Å². The molecule has 0 fully saturated rings. The molecule has 29 heavy (non-hydrogen) atoms. The molecule has 0 atom stereocenters. The molecule has 0 unspecified atom stereocenters. The number of amides is 1. The minimum Gasteiger partial charge on any atom is -0.436 e. The second kappa shape index (κ2) is 7.21. The van der Waals surface area contributed by atoms with E-state index in [0.29, 0.717) is 28.2 Å². The van der Waals surface area contributed by atoms with Gasteiger partial charge in [0.1, 0.15) is 5.52 Å². The zero-order valence-electron chi connectivity index (χ0n) is 17.1. The number of rotatable bonds is 3. The van der Waals surface area contributed by atoms with Gasteiger partial charge in [-0.3, -0.25) is 4.79 Å². The highest BCUT2D eigenvalue weighted by atomic mass is 16.3. The average Bonchev–Trinajstić information content (AvgIpc) is 3.11. The monoisotopic (exact) mass is 384 g/mol. The van der Waals surface area contributed by atoms with Crippen molar-refractivity contribution < 1.29 is 9.21 Å². The minimum absolute atomic E-state index is 0.0577. The fourth-order valence-corrected chi connectivity index (χ4v) is 3.15. The van der Waals surface area contributed by atoms with Crippen LogP contribution in [-0.2, 0) is 5.41 Å². The highest BCUT2D eigenvalue weighted by Gasteiger charge is 2.15. The van der Waals surface area contributed by atoms with E-state index in [9.17, 15) is 4.79 Å². The topological polar surface area (TPSA) is 55.1 Å². The molecule has 1 aromatic heterocycles. The molecule has 0 saturated heterocycles. The molecule has 4 rings (SSSR count). The second-order valence-electron chi connectivity index (χ2n) is 8.35. The highest BCUT2D eigenvalue weighted by Crippen LogP contribution is 2.27. The van der Waals surface area contributed by atoms with Gasteiger partial charge >= 0.3 is 0 Å². The highest BCUT2D eigenvalue weighted by molar-refractivity contribution is 6.05. The number of fused-ring (bicyclic) bond motifs is 1. The van der Waals surface area contributed by atoms with E-state index < -0.39 is 0 Å². The third-order valence-corrected chi connectivity index (χ3v) is 4.96. The summed E-state index contributed by atoms with van der Waals surface area (Å²) >= 11 is 0. The molecule has 1 N–H and O–H groups in total. The zero-order valence-corrected chi connectivity index (χ0v) is 17.1. The largest absolute Gasteiger partial charge is 0.436 e. The molecular weight excluding hydrogens is 360 g/mol. The molecule has 0 aliphatic heterocycles. The minimum atomic E-state index is -0.146. The van der Waals surface area contributed by atoms with Crippen molar-refractivity contribution in [2.75, 3.05) is 5.32 Å². The van der Waals surface area contributed by atoms with E-state index in [1.807, 2.05) is 73.7 Å². The lowest BCUT2D eigenvalue weighted by atomic mass is 9.87. The number of anilines is 1. The predicted octanol–water partition coefficient (Wildman–Crippen LogP) is 6.35. The molecule has 4 nitrogen and oxygen atoms in total. The van der Waals surface area contributed by atoms with Crippen molar-refractivity contribution in [2.45, 2.75) is 33.1 Å². The Balaban J connectivity index is 1.55. The zero-order chi connectivity index (χ0) is 20.6. The van der Waals surface area contributed by atoms with Gasteiger partial charge in [0.15, 0.2) is 5.58 Å². The molecule has 4 aromatic rings. The molecule has 0 bridgehead atoms. The maximum Gasteiger partial charge on any atom is 0.255 e. The van der Waals surface area contributed by atoms with Crippen molar-refractivity contribution in [3.05, 3.63) is 83.4 Å². The summed E-state index contributed by atoms with van der Waals surface area (Å²) in [5.74, 6) is 0.424. The fourth-order valence-electron chi connectivity index (χ4n) is 3.15. The van der Waals surface area contributed by atoms with E-state index in [4.69, 9.17) is 4.42 Å². The first-order valence-corrected chi connectivity index (χ1v) is 9.69. The van der Waals surface area contributed by atoms with Gasteiger partial charge in [-0.25, -0.2) is 4.98 Å². The summed E-state index contributed by atoms with van der Waals surface area (Å²) in [4.78, 5) is 17.2. The number of aromatic nitrogens is 1. The molecule has 0 saturated carbocycles. The van der Waals surface area contributed by atoms with Gasteiger partial charge in [0.2, 0.25) is 5.89 Å². The van der Waals surface area contributed by atoms with E-state index in [-0.39, 0.29) is 11.3 Å². The van der Waals surface area contributed by atoms with Gasteiger partial charge in [-0.1, -0.05) is 50.6 Å². The number of nitrogens with zero attached hydrogens (tertiary/aromatic N) is 1. The van der Waals surface area contributed by atoms with E-state index in [1.54, 1.807) is 0 Å². The van der Waals surface area contributed by atoms with Crippen molar-refractivity contribution >= 4 is 22.7 Å². The van der Waals surface area contributed by atoms with Crippen LogP contribution in [0.5, 0.6) is 0 Å². The van der Waals surface area contributed by atoms with Crippen molar-refractivity contribution in [1.29, 1.82) is 0 Å². The molecule has 0 aliphatic rings. The van der Waals surface area contributed by atoms with Gasteiger partial charge in [0.05, 0.1) is 0 Å². The fraction of sp³-hybridized carbons (Fsp3) is 0.200. The number of carbonyl (C=O) groups excluding carboxylic acids is 1. The van der Waals surface area contributed by atoms with Crippen molar-refractivity contribution in [1.82, 2.24) is 4.98 Å². The van der Waals surface area contributed by atoms with Crippen LogP contribution >= 0.6 is 0 Å². The Morgan fingerprint density at radius 2 is 1.62 bits per heavy atom.